The Kier molecular flexibility index (Phi) is 12.3. The molecular weight excluding hydrogens is 950 g/mol. The molecule has 0 unspecified atom stereocenters. The van der Waals surface area contributed by atoms with Crippen molar-refractivity contribution < 1.29 is 42.5 Å². The number of phenols is 1. The van der Waals surface area contributed by atoms with Crippen LogP contribution in [0.3, 0.4) is 0 Å². The van der Waals surface area contributed by atoms with Crippen LogP contribution in [-0.4, -0.2) is 136 Å². The van der Waals surface area contributed by atoms with E-state index in [-0.39, 0.29) is 76.2 Å². The van der Waals surface area contributed by atoms with E-state index < -0.39 is 40.6 Å². The number of ether oxygens (including phenoxy) is 1. The van der Waals surface area contributed by atoms with Gasteiger partial charge in [-0.2, -0.15) is 9.97 Å². The van der Waals surface area contributed by atoms with Crippen molar-refractivity contribution in [2.75, 3.05) is 81.9 Å². The number of anilines is 2. The number of nitrogens with zero attached hydrogens (tertiary/aromatic N) is 7. The number of amides is 3. The number of halogens is 3. The summed E-state index contributed by atoms with van der Waals surface area (Å²) < 4.78 is 55.4. The molecule has 3 N–H and O–H groups in total. The summed E-state index contributed by atoms with van der Waals surface area (Å²) in [6, 6.07) is 12.1. The fraction of sp³-hybridized carbons (Fsp3) is 0.526. The second-order valence-corrected chi connectivity index (χ2v) is 23.1. The Balaban J connectivity index is 0.668. The lowest BCUT2D eigenvalue weighted by atomic mass is 9.57. The van der Waals surface area contributed by atoms with Crippen LogP contribution in [0.2, 0.25) is 0 Å². The highest BCUT2D eigenvalue weighted by atomic mass is 19.1. The molecule has 0 bridgehead atoms. The monoisotopic (exact) mass is 1010 g/mol. The number of rotatable bonds is 12. The van der Waals surface area contributed by atoms with Crippen molar-refractivity contribution in [2.45, 2.75) is 103 Å². The first-order chi connectivity index (χ1) is 35.6. The zero-order valence-electron chi connectivity index (χ0n) is 42.3. The van der Waals surface area contributed by atoms with Crippen molar-refractivity contribution in [1.82, 2.24) is 30.0 Å². The standard InChI is InChI=1S/C57H65F3N8O6/c1-3-39-43(58)8-5-35-24-38(69)25-41(47(35)39)48-44(59)26-42-50(49(48)60)62-54(63-51(42)67-16-4-11-55(2,73)31-67)74-33-57(12-13-57)32-65-17-14-56(15-18-65)27-34(28-56)29-64-19-21-66(22-20-64)37-6-7-40-36(23-37)30-68(53(40)72)45-9-10-46(70)61-52(45)71/h5-8,23-26,34,45,69,73H,3-4,9-22,27-33H2,1-2H3,(H,61,70,71)/t45-,55+/m0/s1. The van der Waals surface area contributed by atoms with Crippen LogP contribution in [0.25, 0.3) is 32.8 Å². The number of piperazine rings is 1. The number of aromatic hydroxyl groups is 1. The fourth-order valence-corrected chi connectivity index (χ4v) is 13.6. The summed E-state index contributed by atoms with van der Waals surface area (Å²) in [5.41, 5.74) is 1.68. The van der Waals surface area contributed by atoms with Crippen molar-refractivity contribution in [3.63, 3.8) is 0 Å². The van der Waals surface area contributed by atoms with Crippen LogP contribution in [0.1, 0.15) is 99.5 Å². The quantitative estimate of drug-likeness (QED) is 0.105. The number of aromatic nitrogens is 2. The smallest absolute Gasteiger partial charge is 0.319 e. The molecule has 7 aliphatic rings. The Morgan fingerprint density at radius 1 is 0.838 bits per heavy atom. The van der Waals surface area contributed by atoms with E-state index in [1.807, 2.05) is 17.0 Å². The van der Waals surface area contributed by atoms with Gasteiger partial charge in [0.2, 0.25) is 11.8 Å². The van der Waals surface area contributed by atoms with Crippen molar-refractivity contribution in [3.05, 3.63) is 82.7 Å². The third-order valence-electron chi connectivity index (χ3n) is 17.7. The van der Waals surface area contributed by atoms with Crippen molar-refractivity contribution >= 4 is 50.9 Å². The molecule has 17 heteroatoms. The highest BCUT2D eigenvalue weighted by molar-refractivity contribution is 6.06. The molecule has 3 amide bonds. The number of hydrogen-bond donors (Lipinski definition) is 3. The molecule has 6 fully saturated rings. The van der Waals surface area contributed by atoms with Gasteiger partial charge < -0.3 is 34.5 Å². The first-order valence-corrected chi connectivity index (χ1v) is 26.8. The summed E-state index contributed by atoms with van der Waals surface area (Å²) in [5.74, 6) is -2.43. The number of piperidine rings is 3. The van der Waals surface area contributed by atoms with Crippen LogP contribution in [0, 0.1) is 34.2 Å². The molecule has 1 aromatic heterocycles. The maximum Gasteiger partial charge on any atom is 0.319 e. The molecule has 1 spiro atoms. The van der Waals surface area contributed by atoms with Gasteiger partial charge in [0.25, 0.3) is 5.91 Å². The van der Waals surface area contributed by atoms with Gasteiger partial charge in [0.15, 0.2) is 5.82 Å². The van der Waals surface area contributed by atoms with Gasteiger partial charge in [-0.1, -0.05) is 13.0 Å². The summed E-state index contributed by atoms with van der Waals surface area (Å²) in [7, 11) is 0. The molecule has 2 aliphatic carbocycles. The normalized spacial score (nSPS) is 24.2. The molecule has 5 aromatic rings. The molecule has 390 valence electrons. The van der Waals surface area contributed by atoms with E-state index in [2.05, 4.69) is 31.1 Å². The van der Waals surface area contributed by atoms with Crippen LogP contribution in [0.5, 0.6) is 11.8 Å². The number of hydrogen-bond acceptors (Lipinski definition) is 12. The summed E-state index contributed by atoms with van der Waals surface area (Å²) in [5, 5.41) is 25.1. The van der Waals surface area contributed by atoms with Crippen LogP contribution in [0.4, 0.5) is 24.7 Å². The molecule has 2 atom stereocenters. The Morgan fingerprint density at radius 2 is 1.62 bits per heavy atom. The van der Waals surface area contributed by atoms with Crippen LogP contribution in [0.15, 0.2) is 48.5 Å². The minimum atomic E-state index is -1.04. The molecule has 6 heterocycles. The highest BCUT2D eigenvalue weighted by Gasteiger charge is 2.50. The lowest BCUT2D eigenvalue weighted by molar-refractivity contribution is -0.136. The number of phenolic OH excluding ortho intramolecular Hbond substituents is 1. The summed E-state index contributed by atoms with van der Waals surface area (Å²) in [4.78, 5) is 57.9. The largest absolute Gasteiger partial charge is 0.508 e. The van der Waals surface area contributed by atoms with Crippen LogP contribution in [-0.2, 0) is 22.6 Å². The summed E-state index contributed by atoms with van der Waals surface area (Å²) >= 11 is 0. The lowest BCUT2D eigenvalue weighted by Crippen LogP contribution is -2.53. The zero-order valence-corrected chi connectivity index (χ0v) is 42.3. The molecule has 0 radical (unpaired) electrons. The second kappa shape index (κ2) is 18.7. The van der Waals surface area contributed by atoms with Gasteiger partial charge in [0, 0.05) is 87.4 Å². The van der Waals surface area contributed by atoms with Gasteiger partial charge in [-0.15, -0.1) is 0 Å². The number of carbonyl (C=O) groups excluding carboxylic acids is 3. The number of likely N-dealkylation sites (tertiary alicyclic amines) is 1. The average molecular weight is 1020 g/mol. The van der Waals surface area contributed by atoms with E-state index in [1.54, 1.807) is 18.7 Å². The van der Waals surface area contributed by atoms with E-state index in [9.17, 15) is 24.6 Å². The average Bonchev–Trinajstić information content (AvgIpc) is 4.06. The zero-order chi connectivity index (χ0) is 51.3. The molecule has 74 heavy (non-hydrogen) atoms. The van der Waals surface area contributed by atoms with E-state index in [1.165, 1.54) is 56.0 Å². The van der Waals surface area contributed by atoms with Crippen LogP contribution < -0.4 is 19.9 Å². The number of fused-ring (bicyclic) bond motifs is 3. The van der Waals surface area contributed by atoms with Gasteiger partial charge in [-0.25, -0.2) is 13.2 Å². The Labute approximate surface area is 428 Å². The number of carbonyl (C=O) groups is 3. The minimum Gasteiger partial charge on any atom is -0.508 e. The Hall–Kier alpha value is -6.04. The maximum absolute atomic E-state index is 17.2. The number of benzene rings is 4. The van der Waals surface area contributed by atoms with E-state index in [0.29, 0.717) is 66.6 Å². The maximum atomic E-state index is 17.2. The number of imide groups is 1. The second-order valence-electron chi connectivity index (χ2n) is 23.1. The Morgan fingerprint density at radius 3 is 2.35 bits per heavy atom. The number of aliphatic hydroxyl groups is 1. The molecule has 5 aliphatic heterocycles. The predicted octanol–water partition coefficient (Wildman–Crippen LogP) is 7.72. The van der Waals surface area contributed by atoms with E-state index >= 15 is 13.2 Å². The highest BCUT2D eigenvalue weighted by Crippen LogP contribution is 2.54. The molecular formula is C57H65F3N8O6. The summed E-state index contributed by atoms with van der Waals surface area (Å²) in [6.45, 7) is 12.8. The molecule has 4 aromatic carbocycles. The Bertz CT molecular complexity index is 3090. The molecule has 2 saturated carbocycles. The van der Waals surface area contributed by atoms with Gasteiger partial charge >= 0.3 is 6.01 Å². The fourth-order valence-electron chi connectivity index (χ4n) is 13.6. The van der Waals surface area contributed by atoms with Gasteiger partial charge in [0.05, 0.1) is 17.8 Å². The molecule has 14 nitrogen and oxygen atoms in total. The predicted molar refractivity (Wildman–Crippen MR) is 275 cm³/mol. The molecule has 12 rings (SSSR count). The number of β-amino-alcohol motifs (C(OH)–C–C–N with tert-alkyl or cyclic N) is 1. The molecule has 4 saturated heterocycles. The van der Waals surface area contributed by atoms with Crippen molar-refractivity contribution in [3.8, 4) is 22.9 Å². The number of nitrogens with one attached hydrogen (secondary N) is 1. The van der Waals surface area contributed by atoms with Crippen molar-refractivity contribution in [2.24, 2.45) is 16.7 Å². The first kappa shape index (κ1) is 48.9. The third kappa shape index (κ3) is 9.09. The third-order valence-corrected chi connectivity index (χ3v) is 17.7. The van der Waals surface area contributed by atoms with E-state index in [0.717, 1.165) is 76.5 Å². The minimum absolute atomic E-state index is 0.0259. The van der Waals surface area contributed by atoms with Crippen LogP contribution >= 0.6 is 0 Å². The van der Waals surface area contributed by atoms with E-state index in [4.69, 9.17) is 9.72 Å². The van der Waals surface area contributed by atoms with Gasteiger partial charge in [-0.05, 0) is 165 Å². The topological polar surface area (TPSA) is 155 Å². The number of aryl methyl sites for hydroxylation is 1. The SMILES string of the molecule is CCc1c(F)ccc2cc(O)cc(-c3c(F)cc4c(N5CCC[C@@](C)(O)C5)nc(OCC5(CN6CCC7(CC6)CC(CN6CCN(c8ccc9c(c8)CN([C@H]8CCC(=O)NC8=O)C9=O)CC6)C7)CC5)nc4c3F)c12. The van der Waals surface area contributed by atoms with Crippen molar-refractivity contribution in [1.29, 1.82) is 0 Å². The lowest BCUT2D eigenvalue weighted by Gasteiger charge is -2.54. The van der Waals surface area contributed by atoms with Gasteiger partial charge in [0.1, 0.15) is 34.8 Å². The summed E-state index contributed by atoms with van der Waals surface area (Å²) in [6.07, 6.45) is 8.91. The van der Waals surface area contributed by atoms with Gasteiger partial charge in [-0.3, -0.25) is 24.6 Å². The first-order valence-electron chi connectivity index (χ1n) is 26.8.